The Morgan fingerprint density at radius 1 is 1.30 bits per heavy atom. The highest BCUT2D eigenvalue weighted by molar-refractivity contribution is 5.84. The van der Waals surface area contributed by atoms with E-state index in [0.29, 0.717) is 18.5 Å². The van der Waals surface area contributed by atoms with E-state index >= 15 is 0 Å². The Labute approximate surface area is 158 Å². The molecule has 0 spiro atoms. The Kier molecular flexibility index (Phi) is 4.17. The number of carboxylic acid groups (broad SMARTS) is 1. The summed E-state index contributed by atoms with van der Waals surface area (Å²) in [6, 6.07) is 4.09. The number of carbonyl (C=O) groups is 1. The van der Waals surface area contributed by atoms with Crippen molar-refractivity contribution in [1.82, 2.24) is 19.7 Å². The smallest absolute Gasteiger partial charge is 0.407 e. The van der Waals surface area contributed by atoms with Crippen LogP contribution in [0.5, 0.6) is 0 Å². The number of pyridine rings is 1. The lowest BCUT2D eigenvalue weighted by atomic mass is 9.93. The maximum absolute atomic E-state index is 11.3. The summed E-state index contributed by atoms with van der Waals surface area (Å²) in [5.41, 5.74) is 4.12. The van der Waals surface area contributed by atoms with Gasteiger partial charge in [0.25, 0.3) is 0 Å². The molecule has 7 heteroatoms. The van der Waals surface area contributed by atoms with E-state index < -0.39 is 6.09 Å². The lowest BCUT2D eigenvalue weighted by Crippen LogP contribution is -2.26. The van der Waals surface area contributed by atoms with Gasteiger partial charge in [0.2, 0.25) is 0 Å². The summed E-state index contributed by atoms with van der Waals surface area (Å²) < 4.78 is 1.78. The second-order valence-electron chi connectivity index (χ2n) is 8.19. The van der Waals surface area contributed by atoms with Crippen LogP contribution in [0.1, 0.15) is 25.8 Å². The van der Waals surface area contributed by atoms with Gasteiger partial charge >= 0.3 is 6.09 Å². The van der Waals surface area contributed by atoms with Crippen molar-refractivity contribution in [2.75, 3.05) is 31.1 Å². The van der Waals surface area contributed by atoms with E-state index in [2.05, 4.69) is 29.9 Å². The van der Waals surface area contributed by atoms with Crippen LogP contribution in [-0.2, 0) is 7.05 Å². The maximum Gasteiger partial charge on any atom is 0.407 e. The normalized spacial score (nSPS) is 18.9. The molecule has 1 saturated heterocycles. The first kappa shape index (κ1) is 17.6. The summed E-state index contributed by atoms with van der Waals surface area (Å²) in [7, 11) is 1.90. The van der Waals surface area contributed by atoms with Crippen molar-refractivity contribution in [3.63, 3.8) is 0 Å². The van der Waals surface area contributed by atoms with Crippen LogP contribution in [0.15, 0.2) is 30.6 Å². The molecule has 0 bridgehead atoms. The monoisotopic (exact) mass is 367 g/mol. The average molecular weight is 367 g/mol. The molecule has 27 heavy (non-hydrogen) atoms. The molecule has 1 amide bonds. The fourth-order valence-corrected chi connectivity index (χ4v) is 3.85. The third-order valence-corrected chi connectivity index (χ3v) is 5.42. The highest BCUT2D eigenvalue weighted by atomic mass is 16.4. The second-order valence-corrected chi connectivity index (χ2v) is 8.19. The largest absolute Gasteiger partial charge is 0.465 e. The Bertz CT molecular complexity index is 915. The van der Waals surface area contributed by atoms with Crippen LogP contribution >= 0.6 is 0 Å². The number of hydrogen-bond acceptors (Lipinski definition) is 4. The zero-order valence-corrected chi connectivity index (χ0v) is 16.0. The molecule has 7 nitrogen and oxygen atoms in total. The minimum atomic E-state index is -0.899. The molecule has 0 atom stereocenters. The van der Waals surface area contributed by atoms with Crippen LogP contribution in [0.25, 0.3) is 16.8 Å². The van der Waals surface area contributed by atoms with E-state index in [1.54, 1.807) is 4.68 Å². The van der Waals surface area contributed by atoms with Crippen molar-refractivity contribution >= 4 is 17.5 Å². The lowest BCUT2D eigenvalue weighted by Gasteiger charge is -2.22. The molecular weight excluding hydrogens is 342 g/mol. The highest BCUT2D eigenvalue weighted by Gasteiger charge is 2.31. The topological polar surface area (TPSA) is 74.5 Å². The minimum Gasteiger partial charge on any atom is -0.465 e. The molecule has 2 aliphatic rings. The zero-order chi connectivity index (χ0) is 19.2. The van der Waals surface area contributed by atoms with Gasteiger partial charge in [-0.25, -0.2) is 9.78 Å². The molecule has 0 saturated carbocycles. The van der Waals surface area contributed by atoms with Crippen molar-refractivity contribution in [1.29, 1.82) is 0 Å². The van der Waals surface area contributed by atoms with E-state index in [0.717, 1.165) is 47.7 Å². The molecule has 2 aromatic heterocycles. The molecule has 1 fully saturated rings. The Hall–Kier alpha value is -2.83. The summed E-state index contributed by atoms with van der Waals surface area (Å²) in [6.07, 6.45) is 6.01. The number of aromatic nitrogens is 3. The van der Waals surface area contributed by atoms with Gasteiger partial charge in [-0.3, -0.25) is 4.68 Å². The van der Waals surface area contributed by atoms with Crippen LogP contribution in [0, 0.1) is 5.41 Å². The molecule has 4 heterocycles. The molecule has 0 unspecified atom stereocenters. The fraction of sp³-hybridized carbons (Fsp3) is 0.450. The van der Waals surface area contributed by atoms with E-state index in [9.17, 15) is 9.90 Å². The molecule has 0 aromatic carbocycles. The van der Waals surface area contributed by atoms with E-state index in [4.69, 9.17) is 4.98 Å². The van der Waals surface area contributed by atoms with E-state index in [1.807, 2.05) is 31.6 Å². The quantitative estimate of drug-likeness (QED) is 0.902. The summed E-state index contributed by atoms with van der Waals surface area (Å²) in [5, 5.41) is 13.8. The van der Waals surface area contributed by atoms with Crippen LogP contribution in [0.3, 0.4) is 0 Å². The van der Waals surface area contributed by atoms with Gasteiger partial charge in [-0.1, -0.05) is 19.9 Å². The Morgan fingerprint density at radius 3 is 2.70 bits per heavy atom. The molecule has 4 rings (SSSR count). The molecule has 2 aliphatic heterocycles. The van der Waals surface area contributed by atoms with E-state index in [1.165, 1.54) is 4.90 Å². The first-order valence-electron chi connectivity index (χ1n) is 9.25. The summed E-state index contributed by atoms with van der Waals surface area (Å²) >= 11 is 0. The molecule has 0 radical (unpaired) electrons. The van der Waals surface area contributed by atoms with Crippen molar-refractivity contribution < 1.29 is 9.90 Å². The van der Waals surface area contributed by atoms with Gasteiger partial charge in [0.15, 0.2) is 0 Å². The maximum atomic E-state index is 11.3. The molecule has 2 aromatic rings. The summed E-state index contributed by atoms with van der Waals surface area (Å²) in [5.74, 6) is 0.957. The second kappa shape index (κ2) is 6.40. The molecule has 0 aliphatic carbocycles. The zero-order valence-electron chi connectivity index (χ0n) is 16.0. The summed E-state index contributed by atoms with van der Waals surface area (Å²) in [6.45, 7) is 7.34. The van der Waals surface area contributed by atoms with Gasteiger partial charge in [0.1, 0.15) is 5.82 Å². The predicted octanol–water partition coefficient (Wildman–Crippen LogP) is 3.10. The van der Waals surface area contributed by atoms with Gasteiger partial charge in [-0.15, -0.1) is 0 Å². The third kappa shape index (κ3) is 3.41. The molecular formula is C20H25N5O2. The fourth-order valence-electron chi connectivity index (χ4n) is 3.85. The van der Waals surface area contributed by atoms with Gasteiger partial charge in [0, 0.05) is 56.7 Å². The number of hydrogen-bond donors (Lipinski definition) is 1. The average Bonchev–Trinajstić information content (AvgIpc) is 3.34. The van der Waals surface area contributed by atoms with Gasteiger partial charge < -0.3 is 14.9 Å². The van der Waals surface area contributed by atoms with Gasteiger partial charge in [0.05, 0.1) is 5.69 Å². The first-order valence-corrected chi connectivity index (χ1v) is 9.25. The van der Waals surface area contributed by atoms with Crippen molar-refractivity contribution in [2.45, 2.75) is 20.3 Å². The first-order chi connectivity index (χ1) is 12.8. The number of anilines is 1. The number of nitrogens with zero attached hydrogens (tertiary/aromatic N) is 5. The van der Waals surface area contributed by atoms with Crippen LogP contribution in [-0.4, -0.2) is 57.0 Å². The Balaban J connectivity index is 1.72. The van der Waals surface area contributed by atoms with Crippen molar-refractivity contribution in [3.8, 4) is 11.3 Å². The van der Waals surface area contributed by atoms with Crippen molar-refractivity contribution in [2.24, 2.45) is 12.5 Å². The van der Waals surface area contributed by atoms with Crippen LogP contribution in [0.4, 0.5) is 10.6 Å². The predicted molar refractivity (Wildman–Crippen MR) is 105 cm³/mol. The standard InChI is InChI=1S/C20H25N5O2/c1-20(2)6-9-25(13-20)18-10-15(17-5-7-23(3)22-17)16(11-21-18)14-4-8-24(12-14)19(26)27/h4-5,7,10-11H,6,8-9,12-13H2,1-3H3,(H,26,27). The van der Waals surface area contributed by atoms with Crippen molar-refractivity contribution in [3.05, 3.63) is 36.2 Å². The van der Waals surface area contributed by atoms with Crippen LogP contribution < -0.4 is 4.90 Å². The van der Waals surface area contributed by atoms with Gasteiger partial charge in [-0.2, -0.15) is 5.10 Å². The lowest BCUT2D eigenvalue weighted by molar-refractivity contribution is 0.158. The third-order valence-electron chi connectivity index (χ3n) is 5.42. The number of rotatable bonds is 3. The molecule has 1 N–H and O–H groups in total. The number of amides is 1. The Morgan fingerprint density at radius 2 is 2.11 bits per heavy atom. The molecule has 142 valence electrons. The van der Waals surface area contributed by atoms with E-state index in [-0.39, 0.29) is 0 Å². The SMILES string of the molecule is Cn1ccc(-c2cc(N3CCC(C)(C)C3)ncc2C2=CCN(C(=O)O)C2)n1. The minimum absolute atomic E-state index is 0.293. The highest BCUT2D eigenvalue weighted by Crippen LogP contribution is 2.36. The van der Waals surface area contributed by atoms with Crippen LogP contribution in [0.2, 0.25) is 0 Å². The van der Waals surface area contributed by atoms with Gasteiger partial charge in [-0.05, 0) is 29.5 Å². The summed E-state index contributed by atoms with van der Waals surface area (Å²) in [4.78, 5) is 19.7. The number of aryl methyl sites for hydroxylation is 1.